The summed E-state index contributed by atoms with van der Waals surface area (Å²) in [4.78, 5) is 28.1. The Balaban J connectivity index is 1.85. The minimum absolute atomic E-state index is 0.0234. The third-order valence-corrected chi connectivity index (χ3v) is 6.04. The van der Waals surface area contributed by atoms with Gasteiger partial charge in [-0.25, -0.2) is 0 Å². The van der Waals surface area contributed by atoms with Gasteiger partial charge in [0.05, 0.1) is 0 Å². The molecular weight excluding hydrogens is 396 g/mol. The standard InChI is InChI=1S/C25H31ClN2O2/c1-2-24(29)28(18-20-13-15-21(26)16-14-20)23(17-19-9-5-3-6-10-19)25(30)27-22-11-7-4-8-12-22/h3,5-6,9-10,13-16,22-23H,2,4,7-8,11-12,17-18H2,1H3,(H,27,30)/t23-/m1/s1. The number of rotatable bonds is 8. The lowest BCUT2D eigenvalue weighted by atomic mass is 9.94. The highest BCUT2D eigenvalue weighted by Crippen LogP contribution is 2.20. The van der Waals surface area contributed by atoms with Crippen LogP contribution in [0.15, 0.2) is 54.6 Å². The van der Waals surface area contributed by atoms with Gasteiger partial charge in [0, 0.05) is 30.5 Å². The molecule has 1 aliphatic rings. The molecule has 5 heteroatoms. The first-order chi connectivity index (χ1) is 14.6. The molecule has 0 heterocycles. The van der Waals surface area contributed by atoms with Crippen molar-refractivity contribution in [2.75, 3.05) is 0 Å². The van der Waals surface area contributed by atoms with E-state index in [0.29, 0.717) is 24.4 Å². The summed E-state index contributed by atoms with van der Waals surface area (Å²) in [5, 5.41) is 3.90. The zero-order chi connectivity index (χ0) is 21.3. The summed E-state index contributed by atoms with van der Waals surface area (Å²) in [6, 6.07) is 17.1. The van der Waals surface area contributed by atoms with E-state index in [-0.39, 0.29) is 17.9 Å². The second kappa shape index (κ2) is 11.2. The summed E-state index contributed by atoms with van der Waals surface area (Å²) < 4.78 is 0. The van der Waals surface area contributed by atoms with Crippen molar-refractivity contribution >= 4 is 23.4 Å². The molecule has 0 unspecified atom stereocenters. The summed E-state index contributed by atoms with van der Waals surface area (Å²) in [5.74, 6) is -0.0776. The minimum Gasteiger partial charge on any atom is -0.352 e. The molecule has 2 aromatic rings. The van der Waals surface area contributed by atoms with Gasteiger partial charge in [0.1, 0.15) is 6.04 Å². The number of nitrogens with one attached hydrogen (secondary N) is 1. The maximum atomic E-state index is 13.4. The Morgan fingerprint density at radius 3 is 2.30 bits per heavy atom. The highest BCUT2D eigenvalue weighted by atomic mass is 35.5. The molecule has 160 valence electrons. The maximum Gasteiger partial charge on any atom is 0.243 e. The fourth-order valence-electron chi connectivity index (χ4n) is 4.09. The van der Waals surface area contributed by atoms with E-state index in [4.69, 9.17) is 11.6 Å². The molecule has 1 N–H and O–H groups in total. The first-order valence-corrected chi connectivity index (χ1v) is 11.3. The van der Waals surface area contributed by atoms with Gasteiger partial charge in [-0.15, -0.1) is 0 Å². The zero-order valence-corrected chi connectivity index (χ0v) is 18.4. The molecular formula is C25H31ClN2O2. The van der Waals surface area contributed by atoms with Crippen LogP contribution in [0.3, 0.4) is 0 Å². The Hall–Kier alpha value is -2.33. The van der Waals surface area contributed by atoms with Crippen molar-refractivity contribution in [3.63, 3.8) is 0 Å². The van der Waals surface area contributed by atoms with Crippen molar-refractivity contribution in [1.82, 2.24) is 10.2 Å². The van der Waals surface area contributed by atoms with Gasteiger partial charge in [0.2, 0.25) is 11.8 Å². The van der Waals surface area contributed by atoms with E-state index >= 15 is 0 Å². The largest absolute Gasteiger partial charge is 0.352 e. The summed E-state index contributed by atoms with van der Waals surface area (Å²) in [7, 11) is 0. The lowest BCUT2D eigenvalue weighted by Crippen LogP contribution is -2.52. The molecule has 1 atom stereocenters. The van der Waals surface area contributed by atoms with Crippen LogP contribution in [0.1, 0.15) is 56.6 Å². The second-order valence-electron chi connectivity index (χ2n) is 8.05. The van der Waals surface area contributed by atoms with Crippen LogP contribution in [0.25, 0.3) is 0 Å². The quantitative estimate of drug-likeness (QED) is 0.635. The highest BCUT2D eigenvalue weighted by molar-refractivity contribution is 6.30. The predicted molar refractivity (Wildman–Crippen MR) is 121 cm³/mol. The number of nitrogens with zero attached hydrogens (tertiary/aromatic N) is 1. The monoisotopic (exact) mass is 426 g/mol. The van der Waals surface area contributed by atoms with E-state index < -0.39 is 6.04 Å². The van der Waals surface area contributed by atoms with E-state index in [1.807, 2.05) is 61.5 Å². The summed E-state index contributed by atoms with van der Waals surface area (Å²) in [5.41, 5.74) is 2.01. The van der Waals surface area contributed by atoms with Crippen molar-refractivity contribution < 1.29 is 9.59 Å². The smallest absolute Gasteiger partial charge is 0.243 e. The molecule has 0 radical (unpaired) electrons. The highest BCUT2D eigenvalue weighted by Gasteiger charge is 2.31. The number of benzene rings is 2. The Kier molecular flexibility index (Phi) is 8.32. The molecule has 0 aliphatic heterocycles. The Morgan fingerprint density at radius 2 is 1.67 bits per heavy atom. The number of hydrogen-bond donors (Lipinski definition) is 1. The molecule has 2 amide bonds. The van der Waals surface area contributed by atoms with E-state index in [1.165, 1.54) is 6.42 Å². The average molecular weight is 427 g/mol. The van der Waals surface area contributed by atoms with Crippen LogP contribution >= 0.6 is 11.6 Å². The van der Waals surface area contributed by atoms with Gasteiger partial charge in [0.25, 0.3) is 0 Å². The van der Waals surface area contributed by atoms with Gasteiger partial charge in [0.15, 0.2) is 0 Å². The van der Waals surface area contributed by atoms with Crippen LogP contribution in [0.5, 0.6) is 0 Å². The molecule has 2 aromatic carbocycles. The minimum atomic E-state index is -0.544. The number of halogens is 1. The summed E-state index contributed by atoms with van der Waals surface area (Å²) in [6.45, 7) is 2.23. The molecule has 0 aromatic heterocycles. The van der Waals surface area contributed by atoms with Crippen molar-refractivity contribution in [3.05, 3.63) is 70.7 Å². The van der Waals surface area contributed by atoms with Crippen LogP contribution in [0, 0.1) is 0 Å². The van der Waals surface area contributed by atoms with Crippen molar-refractivity contribution in [2.45, 2.75) is 70.5 Å². The molecule has 1 saturated carbocycles. The van der Waals surface area contributed by atoms with E-state index in [9.17, 15) is 9.59 Å². The third-order valence-electron chi connectivity index (χ3n) is 5.79. The topological polar surface area (TPSA) is 49.4 Å². The van der Waals surface area contributed by atoms with Crippen LogP contribution in [-0.4, -0.2) is 28.8 Å². The van der Waals surface area contributed by atoms with E-state index in [1.54, 1.807) is 4.90 Å². The molecule has 4 nitrogen and oxygen atoms in total. The first kappa shape index (κ1) is 22.4. The third kappa shape index (κ3) is 6.33. The first-order valence-electron chi connectivity index (χ1n) is 10.9. The lowest BCUT2D eigenvalue weighted by Gasteiger charge is -2.33. The normalized spacial score (nSPS) is 15.4. The summed E-state index contributed by atoms with van der Waals surface area (Å²) >= 11 is 6.02. The van der Waals surface area contributed by atoms with Gasteiger partial charge in [-0.1, -0.05) is 80.3 Å². The Morgan fingerprint density at radius 1 is 1.00 bits per heavy atom. The molecule has 0 saturated heterocycles. The predicted octanol–water partition coefficient (Wildman–Crippen LogP) is 5.14. The lowest BCUT2D eigenvalue weighted by molar-refractivity contribution is -0.141. The van der Waals surface area contributed by atoms with Crippen LogP contribution in [-0.2, 0) is 22.6 Å². The number of carbonyl (C=O) groups excluding carboxylic acids is 2. The Bertz CT molecular complexity index is 817. The maximum absolute atomic E-state index is 13.4. The van der Waals surface area contributed by atoms with Gasteiger partial charge < -0.3 is 10.2 Å². The summed E-state index contributed by atoms with van der Waals surface area (Å²) in [6.07, 6.45) is 6.42. The number of hydrogen-bond acceptors (Lipinski definition) is 2. The molecule has 30 heavy (non-hydrogen) atoms. The fraction of sp³-hybridized carbons (Fsp3) is 0.440. The van der Waals surface area contributed by atoms with Crippen LogP contribution in [0.2, 0.25) is 5.02 Å². The fourth-order valence-corrected chi connectivity index (χ4v) is 4.21. The zero-order valence-electron chi connectivity index (χ0n) is 17.6. The number of carbonyl (C=O) groups is 2. The van der Waals surface area contributed by atoms with E-state index in [2.05, 4.69) is 5.32 Å². The van der Waals surface area contributed by atoms with Crippen molar-refractivity contribution in [1.29, 1.82) is 0 Å². The molecule has 3 rings (SSSR count). The molecule has 0 bridgehead atoms. The molecule has 1 aliphatic carbocycles. The van der Waals surface area contributed by atoms with Crippen LogP contribution in [0.4, 0.5) is 0 Å². The van der Waals surface area contributed by atoms with Gasteiger partial charge in [-0.05, 0) is 36.1 Å². The average Bonchev–Trinajstić information content (AvgIpc) is 2.78. The Labute approximate surface area is 184 Å². The van der Waals surface area contributed by atoms with Gasteiger partial charge >= 0.3 is 0 Å². The van der Waals surface area contributed by atoms with Crippen LogP contribution < -0.4 is 5.32 Å². The van der Waals surface area contributed by atoms with Crippen molar-refractivity contribution in [2.24, 2.45) is 0 Å². The second-order valence-corrected chi connectivity index (χ2v) is 8.49. The van der Waals surface area contributed by atoms with Gasteiger partial charge in [-0.3, -0.25) is 9.59 Å². The van der Waals surface area contributed by atoms with Gasteiger partial charge in [-0.2, -0.15) is 0 Å². The number of amides is 2. The van der Waals surface area contributed by atoms with E-state index in [0.717, 1.165) is 36.8 Å². The van der Waals surface area contributed by atoms with Crippen molar-refractivity contribution in [3.8, 4) is 0 Å². The SMILES string of the molecule is CCC(=O)N(Cc1ccc(Cl)cc1)[C@H](Cc1ccccc1)C(=O)NC1CCCCC1. The molecule has 0 spiro atoms. The molecule has 1 fully saturated rings.